The molecule has 88 valence electrons. The van der Waals surface area contributed by atoms with Crippen LogP contribution in [-0.2, 0) is 4.79 Å². The van der Waals surface area contributed by atoms with Gasteiger partial charge in [-0.25, -0.2) is 4.79 Å². The van der Waals surface area contributed by atoms with Crippen molar-refractivity contribution in [1.29, 1.82) is 0 Å². The lowest BCUT2D eigenvalue weighted by molar-refractivity contribution is -0.131. The molecule has 2 N–H and O–H groups in total. The zero-order chi connectivity index (χ0) is 12.6. The van der Waals surface area contributed by atoms with Gasteiger partial charge in [-0.05, 0) is 42.2 Å². The first-order valence-corrected chi connectivity index (χ1v) is 5.32. The molecule has 2 rings (SSSR count). The van der Waals surface area contributed by atoms with Crippen molar-refractivity contribution >= 4 is 17.4 Å². The molecule has 0 aromatic heterocycles. The SMILES string of the molecule is Cc1cc2c(cc1C)/C(=C/C(=O)O)CNC2=O. The van der Waals surface area contributed by atoms with Gasteiger partial charge in [0.15, 0.2) is 0 Å². The van der Waals surface area contributed by atoms with Crippen LogP contribution in [0.1, 0.15) is 27.0 Å². The first-order valence-electron chi connectivity index (χ1n) is 5.32. The largest absolute Gasteiger partial charge is 0.478 e. The van der Waals surface area contributed by atoms with Crippen molar-refractivity contribution < 1.29 is 14.7 Å². The van der Waals surface area contributed by atoms with Crippen LogP contribution in [0.5, 0.6) is 0 Å². The van der Waals surface area contributed by atoms with Gasteiger partial charge in [0, 0.05) is 18.2 Å². The molecular formula is C13H13NO3. The second kappa shape index (κ2) is 4.05. The van der Waals surface area contributed by atoms with Gasteiger partial charge in [-0.1, -0.05) is 6.07 Å². The van der Waals surface area contributed by atoms with E-state index in [0.717, 1.165) is 22.8 Å². The number of hydrogen-bond donors (Lipinski definition) is 2. The average molecular weight is 231 g/mol. The van der Waals surface area contributed by atoms with Gasteiger partial charge in [0.2, 0.25) is 0 Å². The molecule has 0 radical (unpaired) electrons. The molecule has 0 bridgehead atoms. The Balaban J connectivity index is 2.63. The van der Waals surface area contributed by atoms with Gasteiger partial charge >= 0.3 is 5.97 Å². The molecule has 0 saturated carbocycles. The molecule has 17 heavy (non-hydrogen) atoms. The fourth-order valence-corrected chi connectivity index (χ4v) is 1.91. The van der Waals surface area contributed by atoms with Gasteiger partial charge in [0.1, 0.15) is 0 Å². The third-order valence-corrected chi connectivity index (χ3v) is 2.96. The normalized spacial score (nSPS) is 16.6. The van der Waals surface area contributed by atoms with Gasteiger partial charge in [0.05, 0.1) is 0 Å². The van der Waals surface area contributed by atoms with E-state index in [4.69, 9.17) is 5.11 Å². The molecule has 1 aromatic rings. The zero-order valence-corrected chi connectivity index (χ0v) is 9.70. The molecule has 1 amide bonds. The molecule has 0 aliphatic carbocycles. The number of fused-ring (bicyclic) bond motifs is 1. The van der Waals surface area contributed by atoms with Crippen LogP contribution in [0.2, 0.25) is 0 Å². The van der Waals surface area contributed by atoms with Crippen LogP contribution in [0, 0.1) is 13.8 Å². The van der Waals surface area contributed by atoms with E-state index in [2.05, 4.69) is 5.32 Å². The highest BCUT2D eigenvalue weighted by molar-refractivity contribution is 6.05. The minimum absolute atomic E-state index is 0.148. The van der Waals surface area contributed by atoms with Crippen LogP contribution >= 0.6 is 0 Å². The number of rotatable bonds is 1. The Morgan fingerprint density at radius 3 is 2.47 bits per heavy atom. The number of carbonyl (C=O) groups is 2. The van der Waals surface area contributed by atoms with Crippen LogP contribution < -0.4 is 5.32 Å². The third kappa shape index (κ3) is 2.06. The number of nitrogens with one attached hydrogen (secondary N) is 1. The summed E-state index contributed by atoms with van der Waals surface area (Å²) in [4.78, 5) is 22.4. The summed E-state index contributed by atoms with van der Waals surface area (Å²) in [6.07, 6.45) is 1.15. The molecule has 0 unspecified atom stereocenters. The molecule has 1 aromatic carbocycles. The van der Waals surface area contributed by atoms with E-state index in [1.165, 1.54) is 0 Å². The van der Waals surface area contributed by atoms with Crippen molar-refractivity contribution in [2.24, 2.45) is 0 Å². The lowest BCUT2D eigenvalue weighted by Crippen LogP contribution is -2.31. The van der Waals surface area contributed by atoms with Crippen LogP contribution in [0.15, 0.2) is 18.2 Å². The smallest absolute Gasteiger partial charge is 0.328 e. The summed E-state index contributed by atoms with van der Waals surface area (Å²) in [7, 11) is 0. The summed E-state index contributed by atoms with van der Waals surface area (Å²) < 4.78 is 0. The van der Waals surface area contributed by atoms with E-state index in [0.29, 0.717) is 11.1 Å². The topological polar surface area (TPSA) is 66.4 Å². The van der Waals surface area contributed by atoms with Crippen LogP contribution in [-0.4, -0.2) is 23.5 Å². The molecule has 1 aliphatic rings. The Morgan fingerprint density at radius 1 is 1.29 bits per heavy atom. The van der Waals surface area contributed by atoms with Crippen LogP contribution in [0.3, 0.4) is 0 Å². The summed E-state index contributed by atoms with van der Waals surface area (Å²) >= 11 is 0. The fourth-order valence-electron chi connectivity index (χ4n) is 1.91. The number of aliphatic carboxylic acids is 1. The van der Waals surface area contributed by atoms with Gasteiger partial charge in [-0.15, -0.1) is 0 Å². The van der Waals surface area contributed by atoms with Crippen molar-refractivity contribution in [1.82, 2.24) is 5.32 Å². The maximum atomic E-state index is 11.7. The molecular weight excluding hydrogens is 218 g/mol. The molecule has 1 heterocycles. The van der Waals surface area contributed by atoms with Crippen molar-refractivity contribution in [2.45, 2.75) is 13.8 Å². The lowest BCUT2D eigenvalue weighted by atomic mass is 9.91. The minimum atomic E-state index is -1.000. The second-order valence-electron chi connectivity index (χ2n) is 4.17. The fraction of sp³-hybridized carbons (Fsp3) is 0.231. The van der Waals surface area contributed by atoms with Gasteiger partial charge in [-0.2, -0.15) is 0 Å². The monoisotopic (exact) mass is 231 g/mol. The number of hydrogen-bond acceptors (Lipinski definition) is 2. The molecule has 0 saturated heterocycles. The highest BCUT2D eigenvalue weighted by Crippen LogP contribution is 2.26. The maximum absolute atomic E-state index is 11.7. The lowest BCUT2D eigenvalue weighted by Gasteiger charge is -2.20. The molecule has 4 heteroatoms. The Morgan fingerprint density at radius 2 is 1.88 bits per heavy atom. The van der Waals surface area contributed by atoms with Crippen LogP contribution in [0.25, 0.3) is 5.57 Å². The standard InChI is InChI=1S/C13H13NO3/c1-7-3-10-9(5-12(15)16)6-14-13(17)11(10)4-8(7)2/h3-5H,6H2,1-2H3,(H,14,17)(H,15,16)/b9-5+. The van der Waals surface area contributed by atoms with E-state index in [1.807, 2.05) is 19.9 Å². The Hall–Kier alpha value is -2.10. The highest BCUT2D eigenvalue weighted by Gasteiger charge is 2.21. The average Bonchev–Trinajstić information content (AvgIpc) is 2.25. The second-order valence-corrected chi connectivity index (χ2v) is 4.17. The minimum Gasteiger partial charge on any atom is -0.478 e. The number of benzene rings is 1. The van der Waals surface area contributed by atoms with E-state index >= 15 is 0 Å². The van der Waals surface area contributed by atoms with Crippen LogP contribution in [0.4, 0.5) is 0 Å². The van der Waals surface area contributed by atoms with Gasteiger partial charge in [-0.3, -0.25) is 4.79 Å². The van der Waals surface area contributed by atoms with Crippen molar-refractivity contribution in [2.75, 3.05) is 6.54 Å². The Labute approximate surface area is 99.0 Å². The van der Waals surface area contributed by atoms with E-state index in [9.17, 15) is 9.59 Å². The first-order chi connectivity index (χ1) is 7.99. The number of carboxylic acid groups (broad SMARTS) is 1. The number of carbonyl (C=O) groups excluding carboxylic acids is 1. The predicted molar refractivity (Wildman–Crippen MR) is 63.9 cm³/mol. The number of amides is 1. The molecule has 0 atom stereocenters. The molecule has 0 fully saturated rings. The predicted octanol–water partition coefficient (Wildman–Crippen LogP) is 1.51. The van der Waals surface area contributed by atoms with Gasteiger partial charge < -0.3 is 10.4 Å². The quantitative estimate of drug-likeness (QED) is 0.720. The van der Waals surface area contributed by atoms with Crippen molar-refractivity contribution in [3.63, 3.8) is 0 Å². The van der Waals surface area contributed by atoms with Gasteiger partial charge in [0.25, 0.3) is 5.91 Å². The summed E-state index contributed by atoms with van der Waals surface area (Å²) in [6, 6.07) is 3.67. The van der Waals surface area contributed by atoms with E-state index < -0.39 is 5.97 Å². The molecule has 0 spiro atoms. The van der Waals surface area contributed by atoms with Crippen molar-refractivity contribution in [3.8, 4) is 0 Å². The molecule has 4 nitrogen and oxygen atoms in total. The zero-order valence-electron chi connectivity index (χ0n) is 9.70. The maximum Gasteiger partial charge on any atom is 0.328 e. The number of aryl methyl sites for hydroxylation is 2. The Bertz CT molecular complexity index is 544. The summed E-state index contributed by atoms with van der Waals surface area (Å²) in [6.45, 7) is 4.14. The van der Waals surface area contributed by atoms with E-state index in [1.54, 1.807) is 6.07 Å². The summed E-state index contributed by atoms with van der Waals surface area (Å²) in [5.74, 6) is -1.15. The van der Waals surface area contributed by atoms with Crippen molar-refractivity contribution in [3.05, 3.63) is 40.5 Å². The Kier molecular flexibility index (Phi) is 2.71. The van der Waals surface area contributed by atoms with E-state index in [-0.39, 0.29) is 12.5 Å². The molecule has 1 aliphatic heterocycles. The highest BCUT2D eigenvalue weighted by atomic mass is 16.4. The third-order valence-electron chi connectivity index (χ3n) is 2.96. The summed E-state index contributed by atoms with van der Waals surface area (Å²) in [5, 5.41) is 11.5. The summed E-state index contributed by atoms with van der Waals surface area (Å²) in [5.41, 5.74) is 3.98. The first kappa shape index (κ1) is 11.4. The number of carboxylic acids is 1.